The van der Waals surface area contributed by atoms with Crippen LogP contribution in [0.5, 0.6) is 0 Å². The molecule has 0 radical (unpaired) electrons. The van der Waals surface area contributed by atoms with Crippen molar-refractivity contribution in [2.45, 2.75) is 50.5 Å². The van der Waals surface area contributed by atoms with Gasteiger partial charge >= 0.3 is 0 Å². The molecule has 0 fully saturated rings. The third-order valence-electron chi connectivity index (χ3n) is 2.67. The fraction of sp³-hybridized carbons (Fsp3) is 0.571. The summed E-state index contributed by atoms with van der Waals surface area (Å²) in [4.78, 5) is 1.31. The Hall–Kier alpha value is -0.470. The molecule has 0 aliphatic heterocycles. The van der Waals surface area contributed by atoms with Crippen LogP contribution in [0.3, 0.4) is 0 Å². The van der Waals surface area contributed by atoms with E-state index >= 15 is 0 Å². The number of hydrogen-bond acceptors (Lipinski definition) is 2. The van der Waals surface area contributed by atoms with Crippen molar-refractivity contribution in [3.05, 3.63) is 29.8 Å². The highest BCUT2D eigenvalue weighted by molar-refractivity contribution is 7.99. The molecule has 1 aromatic rings. The number of benzene rings is 1. The number of aliphatic hydroxyl groups is 1. The van der Waals surface area contributed by atoms with E-state index in [-0.39, 0.29) is 6.10 Å². The second kappa shape index (κ2) is 7.75. The molecular weight excluding hydrogens is 216 g/mol. The molecule has 1 N–H and O–H groups in total. The van der Waals surface area contributed by atoms with E-state index < -0.39 is 0 Å². The highest BCUT2D eigenvalue weighted by atomic mass is 32.2. The zero-order valence-electron chi connectivity index (χ0n) is 10.3. The zero-order valence-corrected chi connectivity index (χ0v) is 11.1. The van der Waals surface area contributed by atoms with Gasteiger partial charge in [0, 0.05) is 4.90 Å². The average Bonchev–Trinajstić information content (AvgIpc) is 2.34. The third kappa shape index (κ3) is 4.58. The van der Waals surface area contributed by atoms with Gasteiger partial charge in [0.25, 0.3) is 0 Å². The summed E-state index contributed by atoms with van der Waals surface area (Å²) >= 11 is 1.91. The Balaban J connectivity index is 2.39. The van der Waals surface area contributed by atoms with E-state index in [2.05, 4.69) is 19.1 Å². The Morgan fingerprint density at radius 2 is 1.81 bits per heavy atom. The van der Waals surface area contributed by atoms with Crippen LogP contribution in [0.4, 0.5) is 0 Å². The molecule has 0 heterocycles. The van der Waals surface area contributed by atoms with Gasteiger partial charge in [0.2, 0.25) is 0 Å². The Labute approximate surface area is 103 Å². The minimum Gasteiger partial charge on any atom is -0.388 e. The van der Waals surface area contributed by atoms with Crippen LogP contribution in [-0.2, 0) is 0 Å². The van der Waals surface area contributed by atoms with Crippen LogP contribution < -0.4 is 0 Å². The molecule has 0 spiro atoms. The number of thioether (sulfide) groups is 1. The van der Waals surface area contributed by atoms with Crippen molar-refractivity contribution >= 4 is 11.8 Å². The standard InChI is InChI=1S/C14H22OS/c1-3-5-6-11-16-13-9-7-12(8-10-13)14(15)4-2/h7-10,14-15H,3-6,11H2,1-2H3. The molecule has 1 rings (SSSR count). The molecule has 1 unspecified atom stereocenters. The highest BCUT2D eigenvalue weighted by Crippen LogP contribution is 2.23. The lowest BCUT2D eigenvalue weighted by molar-refractivity contribution is 0.173. The fourth-order valence-corrected chi connectivity index (χ4v) is 2.48. The molecule has 1 nitrogen and oxygen atoms in total. The van der Waals surface area contributed by atoms with Gasteiger partial charge in [0.05, 0.1) is 6.10 Å². The van der Waals surface area contributed by atoms with E-state index in [1.54, 1.807) is 0 Å². The Kier molecular flexibility index (Phi) is 6.58. The predicted molar refractivity (Wildman–Crippen MR) is 71.9 cm³/mol. The molecule has 1 atom stereocenters. The van der Waals surface area contributed by atoms with E-state index in [1.165, 1.54) is 29.9 Å². The lowest BCUT2D eigenvalue weighted by atomic mass is 10.1. The van der Waals surface area contributed by atoms with Gasteiger partial charge in [-0.2, -0.15) is 0 Å². The van der Waals surface area contributed by atoms with E-state index in [0.717, 1.165) is 12.0 Å². The van der Waals surface area contributed by atoms with Crippen LogP contribution in [0.15, 0.2) is 29.2 Å². The number of aliphatic hydroxyl groups excluding tert-OH is 1. The van der Waals surface area contributed by atoms with Crippen molar-refractivity contribution in [2.24, 2.45) is 0 Å². The number of rotatable bonds is 7. The van der Waals surface area contributed by atoms with Gasteiger partial charge in [-0.3, -0.25) is 0 Å². The summed E-state index contributed by atoms with van der Waals surface area (Å²) in [6, 6.07) is 8.31. The first kappa shape index (κ1) is 13.6. The smallest absolute Gasteiger partial charge is 0.0787 e. The predicted octanol–water partition coefficient (Wildman–Crippen LogP) is 4.41. The summed E-state index contributed by atoms with van der Waals surface area (Å²) in [5, 5.41) is 9.66. The molecule has 16 heavy (non-hydrogen) atoms. The molecule has 0 aliphatic rings. The molecular formula is C14H22OS. The molecule has 0 amide bonds. The van der Waals surface area contributed by atoms with Crippen molar-refractivity contribution < 1.29 is 5.11 Å². The van der Waals surface area contributed by atoms with E-state index in [1.807, 2.05) is 30.8 Å². The quantitative estimate of drug-likeness (QED) is 0.561. The molecule has 0 saturated heterocycles. The van der Waals surface area contributed by atoms with Crippen LogP contribution in [-0.4, -0.2) is 10.9 Å². The number of hydrogen-bond donors (Lipinski definition) is 1. The maximum Gasteiger partial charge on any atom is 0.0787 e. The summed E-state index contributed by atoms with van der Waals surface area (Å²) in [5.41, 5.74) is 1.03. The first-order chi connectivity index (χ1) is 7.77. The molecule has 90 valence electrons. The van der Waals surface area contributed by atoms with Crippen LogP contribution in [0.1, 0.15) is 51.2 Å². The maximum absolute atomic E-state index is 9.66. The minimum absolute atomic E-state index is 0.306. The Bertz CT molecular complexity index is 281. The summed E-state index contributed by atoms with van der Waals surface area (Å²) < 4.78 is 0. The first-order valence-corrected chi connectivity index (χ1v) is 7.17. The van der Waals surface area contributed by atoms with E-state index in [0.29, 0.717) is 0 Å². The topological polar surface area (TPSA) is 20.2 Å². The Morgan fingerprint density at radius 1 is 1.12 bits per heavy atom. The molecule has 1 aromatic carbocycles. The zero-order chi connectivity index (χ0) is 11.8. The maximum atomic E-state index is 9.66. The normalized spacial score (nSPS) is 12.7. The van der Waals surface area contributed by atoms with Crippen LogP contribution >= 0.6 is 11.8 Å². The fourth-order valence-electron chi connectivity index (χ4n) is 1.56. The average molecular weight is 238 g/mol. The number of unbranched alkanes of at least 4 members (excludes halogenated alkanes) is 2. The summed E-state index contributed by atoms with van der Waals surface area (Å²) in [6.07, 6.45) is 4.37. The molecule has 0 saturated carbocycles. The van der Waals surface area contributed by atoms with Gasteiger partial charge < -0.3 is 5.11 Å². The van der Waals surface area contributed by atoms with E-state index in [4.69, 9.17) is 0 Å². The summed E-state index contributed by atoms with van der Waals surface area (Å²) in [7, 11) is 0. The summed E-state index contributed by atoms with van der Waals surface area (Å²) in [6.45, 7) is 4.23. The summed E-state index contributed by atoms with van der Waals surface area (Å²) in [5.74, 6) is 1.20. The van der Waals surface area contributed by atoms with Crippen molar-refractivity contribution in [3.63, 3.8) is 0 Å². The monoisotopic (exact) mass is 238 g/mol. The molecule has 0 bridgehead atoms. The Morgan fingerprint density at radius 3 is 2.38 bits per heavy atom. The second-order valence-corrected chi connectivity index (χ2v) is 5.22. The van der Waals surface area contributed by atoms with E-state index in [9.17, 15) is 5.11 Å². The van der Waals surface area contributed by atoms with Crippen molar-refractivity contribution in [1.82, 2.24) is 0 Å². The highest BCUT2D eigenvalue weighted by Gasteiger charge is 2.03. The molecule has 2 heteroatoms. The molecule has 0 aliphatic carbocycles. The lowest BCUT2D eigenvalue weighted by Crippen LogP contribution is -1.94. The van der Waals surface area contributed by atoms with Gasteiger partial charge in [-0.05, 0) is 36.3 Å². The van der Waals surface area contributed by atoms with Crippen LogP contribution in [0, 0.1) is 0 Å². The van der Waals surface area contributed by atoms with Gasteiger partial charge in [-0.15, -0.1) is 11.8 Å². The van der Waals surface area contributed by atoms with Crippen LogP contribution in [0.25, 0.3) is 0 Å². The van der Waals surface area contributed by atoms with Gasteiger partial charge in [-0.25, -0.2) is 0 Å². The molecule has 0 aromatic heterocycles. The minimum atomic E-state index is -0.306. The largest absolute Gasteiger partial charge is 0.388 e. The van der Waals surface area contributed by atoms with Crippen molar-refractivity contribution in [1.29, 1.82) is 0 Å². The van der Waals surface area contributed by atoms with Gasteiger partial charge in [0.15, 0.2) is 0 Å². The van der Waals surface area contributed by atoms with Gasteiger partial charge in [-0.1, -0.05) is 38.8 Å². The van der Waals surface area contributed by atoms with Crippen molar-refractivity contribution in [3.8, 4) is 0 Å². The lowest BCUT2D eigenvalue weighted by Gasteiger charge is -2.08. The first-order valence-electron chi connectivity index (χ1n) is 6.18. The van der Waals surface area contributed by atoms with Gasteiger partial charge in [0.1, 0.15) is 0 Å². The van der Waals surface area contributed by atoms with Crippen LogP contribution in [0.2, 0.25) is 0 Å². The third-order valence-corrected chi connectivity index (χ3v) is 3.77. The second-order valence-electron chi connectivity index (χ2n) is 4.05. The SMILES string of the molecule is CCCCCSc1ccc(C(O)CC)cc1. The van der Waals surface area contributed by atoms with Crippen molar-refractivity contribution in [2.75, 3.05) is 5.75 Å².